The first-order chi connectivity index (χ1) is 18.7. The largest absolute Gasteiger partial charge is 0.486 e. The number of amides is 1. The van der Waals surface area contributed by atoms with E-state index in [2.05, 4.69) is 5.32 Å². The number of rotatable bonds is 8. The highest BCUT2D eigenvalue weighted by atomic mass is 32.2. The Bertz CT molecular complexity index is 1360. The second-order valence-electron chi connectivity index (χ2n) is 9.98. The number of hydrogen-bond acceptors (Lipinski definition) is 7. The van der Waals surface area contributed by atoms with Crippen LogP contribution in [0.25, 0.3) is 5.69 Å². The Balaban J connectivity index is 1.09. The lowest BCUT2D eigenvalue weighted by Crippen LogP contribution is -2.43. The highest BCUT2D eigenvalue weighted by Crippen LogP contribution is 2.36. The lowest BCUT2D eigenvalue weighted by atomic mass is 10.0. The number of hydrogen-bond donors (Lipinski definition) is 1. The van der Waals surface area contributed by atoms with Gasteiger partial charge in [-0.2, -0.15) is 0 Å². The highest BCUT2D eigenvalue weighted by Gasteiger charge is 2.29. The molecule has 3 aromatic rings. The summed E-state index contributed by atoms with van der Waals surface area (Å²) in [6.45, 7) is 2.49. The summed E-state index contributed by atoms with van der Waals surface area (Å²) in [7, 11) is 0. The fourth-order valence-electron chi connectivity index (χ4n) is 4.97. The minimum absolute atomic E-state index is 0.0351. The molecule has 2 aliphatic heterocycles. The molecule has 1 N–H and O–H groups in total. The van der Waals surface area contributed by atoms with Crippen molar-refractivity contribution in [1.29, 1.82) is 0 Å². The van der Waals surface area contributed by atoms with Gasteiger partial charge in [-0.15, -0.1) is 0 Å². The average Bonchev–Trinajstić information content (AvgIpc) is 2.93. The van der Waals surface area contributed by atoms with Crippen molar-refractivity contribution in [3.05, 3.63) is 76.2 Å². The fourth-order valence-corrected chi connectivity index (χ4v) is 6.29. The van der Waals surface area contributed by atoms with Crippen molar-refractivity contribution < 1.29 is 14.3 Å². The van der Waals surface area contributed by atoms with Crippen molar-refractivity contribution in [2.24, 2.45) is 0 Å². The first-order valence-corrected chi connectivity index (χ1v) is 14.3. The molecule has 1 amide bonds. The molecule has 2 aromatic carbocycles. The minimum atomic E-state index is -0.101. The summed E-state index contributed by atoms with van der Waals surface area (Å²) < 4.78 is 13.5. The number of aromatic nitrogens is 2. The van der Waals surface area contributed by atoms with E-state index in [4.69, 9.17) is 14.5 Å². The van der Waals surface area contributed by atoms with E-state index in [9.17, 15) is 9.59 Å². The molecule has 8 nitrogen and oxygen atoms in total. The molecule has 0 radical (unpaired) electrons. The van der Waals surface area contributed by atoms with Crippen molar-refractivity contribution in [2.45, 2.75) is 55.2 Å². The van der Waals surface area contributed by atoms with Crippen LogP contribution in [0, 0.1) is 0 Å². The Morgan fingerprint density at radius 1 is 1.08 bits per heavy atom. The average molecular weight is 533 g/mol. The van der Waals surface area contributed by atoms with Crippen molar-refractivity contribution in [3.8, 4) is 17.2 Å². The molecule has 6 rings (SSSR count). The number of ether oxygens (including phenoxy) is 2. The van der Waals surface area contributed by atoms with Crippen molar-refractivity contribution in [1.82, 2.24) is 19.8 Å². The molecule has 1 fully saturated rings. The lowest BCUT2D eigenvalue weighted by Gasteiger charge is -2.30. The topological polar surface area (TPSA) is 85.7 Å². The summed E-state index contributed by atoms with van der Waals surface area (Å²) in [6, 6.07) is 17.3. The van der Waals surface area contributed by atoms with Gasteiger partial charge in [-0.1, -0.05) is 48.5 Å². The molecular weight excluding hydrogens is 500 g/mol. The predicted molar refractivity (Wildman–Crippen MR) is 146 cm³/mol. The summed E-state index contributed by atoms with van der Waals surface area (Å²) in [4.78, 5) is 33.5. The zero-order chi connectivity index (χ0) is 25.9. The molecule has 1 aliphatic carbocycles. The molecule has 3 aliphatic rings. The number of fused-ring (bicyclic) bond motifs is 2. The van der Waals surface area contributed by atoms with Gasteiger partial charge in [0.1, 0.15) is 12.7 Å². The van der Waals surface area contributed by atoms with Crippen molar-refractivity contribution >= 4 is 17.7 Å². The van der Waals surface area contributed by atoms with Gasteiger partial charge in [0.15, 0.2) is 16.7 Å². The lowest BCUT2D eigenvalue weighted by molar-refractivity contribution is -0.132. The van der Waals surface area contributed by atoms with Gasteiger partial charge >= 0.3 is 0 Å². The number of carbonyl (C=O) groups excluding carboxylic acids is 1. The fraction of sp³-hybridized carbons (Fsp3) is 0.414. The third kappa shape index (κ3) is 5.31. The Hall–Kier alpha value is -3.30. The van der Waals surface area contributed by atoms with Crippen molar-refractivity contribution in [3.63, 3.8) is 0 Å². The number of benzene rings is 2. The number of carbonyl (C=O) groups is 1. The van der Waals surface area contributed by atoms with Gasteiger partial charge in [0.2, 0.25) is 5.91 Å². The third-order valence-corrected chi connectivity index (χ3v) is 8.63. The summed E-state index contributed by atoms with van der Waals surface area (Å²) in [5, 5.41) is 4.61. The molecule has 9 heteroatoms. The van der Waals surface area contributed by atoms with Crippen molar-refractivity contribution in [2.75, 3.05) is 26.2 Å². The van der Waals surface area contributed by atoms with E-state index in [1.54, 1.807) is 21.2 Å². The number of nitrogens with one attached hydrogen (secondary N) is 1. The van der Waals surface area contributed by atoms with E-state index >= 15 is 0 Å². The maximum atomic E-state index is 13.7. The van der Waals surface area contributed by atoms with Crippen LogP contribution in [0.1, 0.15) is 36.9 Å². The Morgan fingerprint density at radius 3 is 2.66 bits per heavy atom. The molecule has 1 atom stereocenters. The van der Waals surface area contributed by atoms with Crippen LogP contribution < -0.4 is 20.3 Å². The van der Waals surface area contributed by atoms with E-state index < -0.39 is 0 Å². The Labute approximate surface area is 226 Å². The first kappa shape index (κ1) is 25.0. The van der Waals surface area contributed by atoms with Gasteiger partial charge < -0.3 is 19.7 Å². The maximum absolute atomic E-state index is 13.7. The van der Waals surface area contributed by atoms with Crippen LogP contribution >= 0.6 is 11.8 Å². The Morgan fingerprint density at radius 2 is 1.87 bits per heavy atom. The normalized spacial score (nSPS) is 18.5. The molecule has 3 heterocycles. The van der Waals surface area contributed by atoms with Gasteiger partial charge in [-0.25, -0.2) is 4.98 Å². The van der Waals surface area contributed by atoms with E-state index in [0.29, 0.717) is 56.4 Å². The summed E-state index contributed by atoms with van der Waals surface area (Å²) in [6.07, 6.45) is 4.42. The zero-order valence-corrected chi connectivity index (χ0v) is 22.1. The van der Waals surface area contributed by atoms with E-state index in [1.165, 1.54) is 6.42 Å². The molecule has 198 valence electrons. The second-order valence-corrected chi connectivity index (χ2v) is 11.3. The number of thioether (sulfide) groups is 1. The predicted octanol–water partition coefficient (Wildman–Crippen LogP) is 3.58. The number of nitrogens with zero attached hydrogens (tertiary/aromatic N) is 3. The molecule has 0 saturated heterocycles. The first-order valence-electron chi connectivity index (χ1n) is 13.4. The molecule has 0 spiro atoms. The SMILES string of the molecule is O=C(CCNC[C@H]1COc2ccccc2O1)N1CCc2nc(SC3CCC3)n(-c3ccccc3)c(=O)c2C1. The quantitative estimate of drug-likeness (QED) is 0.351. The summed E-state index contributed by atoms with van der Waals surface area (Å²) >= 11 is 1.71. The van der Waals surface area contributed by atoms with Crippen LogP contribution in [-0.2, 0) is 17.8 Å². The standard InChI is InChI=1S/C29H32N4O4S/c34-27(13-15-30-17-21-19-36-25-11-4-5-12-26(25)37-21)32-16-14-24-23(18-32)28(35)33(20-7-2-1-3-8-20)29(31-24)38-22-9-6-10-22/h1-5,7-8,11-12,21-22,30H,6,9-10,13-19H2/t21-/m0/s1. The van der Waals surface area contributed by atoms with Gasteiger partial charge in [0.25, 0.3) is 5.56 Å². The molecule has 0 bridgehead atoms. The zero-order valence-electron chi connectivity index (χ0n) is 21.3. The third-order valence-electron chi connectivity index (χ3n) is 7.35. The smallest absolute Gasteiger partial charge is 0.264 e. The second kappa shape index (κ2) is 11.2. The van der Waals surface area contributed by atoms with E-state index in [0.717, 1.165) is 40.9 Å². The van der Waals surface area contributed by atoms with Crippen LogP contribution in [0.3, 0.4) is 0 Å². The summed E-state index contributed by atoms with van der Waals surface area (Å²) in [5.74, 6) is 1.55. The molecule has 38 heavy (non-hydrogen) atoms. The molecule has 1 saturated carbocycles. The van der Waals surface area contributed by atoms with Gasteiger partial charge in [-0.3, -0.25) is 14.2 Å². The molecule has 1 aromatic heterocycles. The minimum Gasteiger partial charge on any atom is -0.486 e. The van der Waals surface area contributed by atoms with E-state index in [1.807, 2.05) is 54.6 Å². The van der Waals surface area contributed by atoms with Gasteiger partial charge in [0.05, 0.1) is 23.5 Å². The Kier molecular flexibility index (Phi) is 7.38. The van der Waals surface area contributed by atoms with Crippen LogP contribution in [-0.4, -0.2) is 58.0 Å². The van der Waals surface area contributed by atoms with Crippen LogP contribution in [0.2, 0.25) is 0 Å². The monoisotopic (exact) mass is 532 g/mol. The summed E-state index contributed by atoms with van der Waals surface area (Å²) in [5.41, 5.74) is 2.22. The van der Waals surface area contributed by atoms with Crippen LogP contribution in [0.15, 0.2) is 64.5 Å². The van der Waals surface area contributed by atoms with Gasteiger partial charge in [0, 0.05) is 37.7 Å². The molecule has 0 unspecified atom stereocenters. The highest BCUT2D eigenvalue weighted by molar-refractivity contribution is 7.99. The van der Waals surface area contributed by atoms with E-state index in [-0.39, 0.29) is 17.6 Å². The maximum Gasteiger partial charge on any atom is 0.264 e. The molecular formula is C29H32N4O4S. The van der Waals surface area contributed by atoms with Gasteiger partial charge in [-0.05, 0) is 37.1 Å². The van der Waals surface area contributed by atoms with Crippen LogP contribution in [0.5, 0.6) is 11.5 Å². The van der Waals surface area contributed by atoms with Crippen LogP contribution in [0.4, 0.5) is 0 Å². The number of para-hydroxylation sites is 3.